The molecular formula is C15H22ClN5. The van der Waals surface area contributed by atoms with E-state index in [1.54, 1.807) is 12.5 Å². The summed E-state index contributed by atoms with van der Waals surface area (Å²) in [6.45, 7) is 7.24. The van der Waals surface area contributed by atoms with E-state index < -0.39 is 0 Å². The SMILES string of the molecule is CCCNC(Cc1ncnn1C(C)C)c1ncccc1Cl. The van der Waals surface area contributed by atoms with E-state index in [4.69, 9.17) is 11.6 Å². The van der Waals surface area contributed by atoms with Gasteiger partial charge in [-0.15, -0.1) is 0 Å². The molecule has 0 fully saturated rings. The second-order valence-corrected chi connectivity index (χ2v) is 5.70. The first-order valence-corrected chi connectivity index (χ1v) is 7.73. The highest BCUT2D eigenvalue weighted by Crippen LogP contribution is 2.23. The number of hydrogen-bond acceptors (Lipinski definition) is 4. The van der Waals surface area contributed by atoms with Crippen molar-refractivity contribution in [1.82, 2.24) is 25.1 Å². The van der Waals surface area contributed by atoms with E-state index in [0.29, 0.717) is 5.02 Å². The molecule has 0 aliphatic rings. The quantitative estimate of drug-likeness (QED) is 0.853. The van der Waals surface area contributed by atoms with E-state index in [9.17, 15) is 0 Å². The third-order valence-electron chi connectivity index (χ3n) is 3.28. The summed E-state index contributed by atoms with van der Waals surface area (Å²) < 4.78 is 1.94. The molecule has 0 amide bonds. The van der Waals surface area contributed by atoms with Crippen LogP contribution in [0.15, 0.2) is 24.7 Å². The molecule has 2 aromatic rings. The summed E-state index contributed by atoms with van der Waals surface area (Å²) in [6.07, 6.45) is 5.15. The number of halogens is 1. The lowest BCUT2D eigenvalue weighted by atomic mass is 10.1. The van der Waals surface area contributed by atoms with Crippen LogP contribution in [0.2, 0.25) is 5.02 Å². The van der Waals surface area contributed by atoms with Gasteiger partial charge in [-0.25, -0.2) is 9.67 Å². The van der Waals surface area contributed by atoms with Gasteiger partial charge in [0.15, 0.2) is 0 Å². The number of nitrogens with zero attached hydrogens (tertiary/aromatic N) is 4. The van der Waals surface area contributed by atoms with Gasteiger partial charge in [0, 0.05) is 18.7 Å². The molecule has 2 heterocycles. The molecule has 0 aliphatic carbocycles. The molecule has 0 bridgehead atoms. The van der Waals surface area contributed by atoms with Crippen LogP contribution in [0.1, 0.15) is 50.8 Å². The summed E-state index contributed by atoms with van der Waals surface area (Å²) in [6, 6.07) is 4.05. The summed E-state index contributed by atoms with van der Waals surface area (Å²) in [7, 11) is 0. The first kappa shape index (κ1) is 15.9. The monoisotopic (exact) mass is 307 g/mol. The molecule has 2 aromatic heterocycles. The van der Waals surface area contributed by atoms with Gasteiger partial charge in [0.1, 0.15) is 12.2 Å². The Labute approximate surface area is 130 Å². The zero-order valence-corrected chi connectivity index (χ0v) is 13.5. The van der Waals surface area contributed by atoms with E-state index in [1.165, 1.54) is 0 Å². The van der Waals surface area contributed by atoms with Gasteiger partial charge in [0.2, 0.25) is 0 Å². The molecule has 1 atom stereocenters. The first-order valence-electron chi connectivity index (χ1n) is 7.35. The highest BCUT2D eigenvalue weighted by molar-refractivity contribution is 6.31. The van der Waals surface area contributed by atoms with Crippen LogP contribution in [0.5, 0.6) is 0 Å². The fourth-order valence-electron chi connectivity index (χ4n) is 2.27. The van der Waals surface area contributed by atoms with Gasteiger partial charge in [0.05, 0.1) is 16.8 Å². The van der Waals surface area contributed by atoms with Crippen molar-refractivity contribution < 1.29 is 0 Å². The summed E-state index contributed by atoms with van der Waals surface area (Å²) in [5.74, 6) is 0.945. The Morgan fingerprint density at radius 1 is 1.33 bits per heavy atom. The van der Waals surface area contributed by atoms with Crippen molar-refractivity contribution in [3.8, 4) is 0 Å². The second kappa shape index (κ2) is 7.52. The van der Waals surface area contributed by atoms with E-state index in [0.717, 1.165) is 30.9 Å². The van der Waals surface area contributed by atoms with Crippen LogP contribution in [-0.4, -0.2) is 26.3 Å². The number of aromatic nitrogens is 4. The average molecular weight is 308 g/mol. The second-order valence-electron chi connectivity index (χ2n) is 5.30. The Kier molecular flexibility index (Phi) is 5.70. The molecule has 0 saturated heterocycles. The van der Waals surface area contributed by atoms with Gasteiger partial charge in [-0.2, -0.15) is 5.10 Å². The summed E-state index contributed by atoms with van der Waals surface area (Å²) in [4.78, 5) is 8.82. The molecule has 1 N–H and O–H groups in total. The molecule has 2 rings (SSSR count). The van der Waals surface area contributed by atoms with Gasteiger partial charge in [-0.1, -0.05) is 18.5 Å². The predicted molar refractivity (Wildman–Crippen MR) is 84.4 cm³/mol. The molecule has 0 spiro atoms. The molecule has 1 unspecified atom stereocenters. The van der Waals surface area contributed by atoms with Gasteiger partial charge in [-0.3, -0.25) is 4.98 Å². The lowest BCUT2D eigenvalue weighted by Crippen LogP contribution is -2.27. The van der Waals surface area contributed by atoms with Gasteiger partial charge >= 0.3 is 0 Å². The number of rotatable bonds is 7. The number of pyridine rings is 1. The van der Waals surface area contributed by atoms with Crippen LogP contribution in [0.25, 0.3) is 0 Å². The Morgan fingerprint density at radius 2 is 2.14 bits per heavy atom. The Hall–Kier alpha value is -1.46. The lowest BCUT2D eigenvalue weighted by molar-refractivity contribution is 0.458. The van der Waals surface area contributed by atoms with Crippen LogP contribution in [0.3, 0.4) is 0 Å². The van der Waals surface area contributed by atoms with Gasteiger partial charge < -0.3 is 5.32 Å². The Balaban J connectivity index is 2.24. The minimum Gasteiger partial charge on any atom is -0.308 e. The molecule has 0 saturated carbocycles. The van der Waals surface area contributed by atoms with Crippen LogP contribution < -0.4 is 5.32 Å². The van der Waals surface area contributed by atoms with Crippen molar-refractivity contribution in [2.45, 2.75) is 45.7 Å². The number of hydrogen-bond donors (Lipinski definition) is 1. The summed E-state index contributed by atoms with van der Waals surface area (Å²) in [5, 5.41) is 8.47. The third kappa shape index (κ3) is 4.02. The predicted octanol–water partition coefficient (Wildman–Crippen LogP) is 3.19. The van der Waals surface area contributed by atoms with Gasteiger partial charge in [-0.05, 0) is 38.9 Å². The molecule has 0 aliphatic heterocycles. The average Bonchev–Trinajstić information content (AvgIpc) is 2.92. The van der Waals surface area contributed by atoms with Crippen molar-refractivity contribution in [3.05, 3.63) is 41.2 Å². The Bertz CT molecular complexity index is 567. The molecule has 114 valence electrons. The minimum absolute atomic E-state index is 0.0420. The number of nitrogens with one attached hydrogen (secondary N) is 1. The van der Waals surface area contributed by atoms with Crippen LogP contribution in [0.4, 0.5) is 0 Å². The van der Waals surface area contributed by atoms with Crippen LogP contribution >= 0.6 is 11.6 Å². The molecular weight excluding hydrogens is 286 g/mol. The van der Waals surface area contributed by atoms with Crippen molar-refractivity contribution in [1.29, 1.82) is 0 Å². The Morgan fingerprint density at radius 3 is 2.81 bits per heavy atom. The van der Waals surface area contributed by atoms with E-state index in [-0.39, 0.29) is 12.1 Å². The molecule has 21 heavy (non-hydrogen) atoms. The highest BCUT2D eigenvalue weighted by Gasteiger charge is 2.19. The van der Waals surface area contributed by atoms with Crippen molar-refractivity contribution in [3.63, 3.8) is 0 Å². The van der Waals surface area contributed by atoms with E-state index in [1.807, 2.05) is 16.8 Å². The summed E-state index contributed by atoms with van der Waals surface area (Å²) >= 11 is 6.30. The maximum atomic E-state index is 6.30. The summed E-state index contributed by atoms with van der Waals surface area (Å²) in [5.41, 5.74) is 0.867. The fourth-order valence-corrected chi connectivity index (χ4v) is 2.53. The minimum atomic E-state index is 0.0420. The molecule has 5 nitrogen and oxygen atoms in total. The zero-order valence-electron chi connectivity index (χ0n) is 12.8. The highest BCUT2D eigenvalue weighted by atomic mass is 35.5. The van der Waals surface area contributed by atoms with Crippen LogP contribution in [-0.2, 0) is 6.42 Å². The van der Waals surface area contributed by atoms with E-state index in [2.05, 4.69) is 41.2 Å². The lowest BCUT2D eigenvalue weighted by Gasteiger charge is -2.19. The zero-order chi connectivity index (χ0) is 15.2. The van der Waals surface area contributed by atoms with Crippen molar-refractivity contribution in [2.24, 2.45) is 0 Å². The maximum Gasteiger partial charge on any atom is 0.138 e. The van der Waals surface area contributed by atoms with Crippen LogP contribution in [0, 0.1) is 0 Å². The molecule has 0 aromatic carbocycles. The van der Waals surface area contributed by atoms with Crippen molar-refractivity contribution >= 4 is 11.6 Å². The third-order valence-corrected chi connectivity index (χ3v) is 3.60. The molecule has 0 radical (unpaired) electrons. The fraction of sp³-hybridized carbons (Fsp3) is 0.533. The normalized spacial score (nSPS) is 12.8. The smallest absolute Gasteiger partial charge is 0.138 e. The topological polar surface area (TPSA) is 55.6 Å². The maximum absolute atomic E-state index is 6.30. The van der Waals surface area contributed by atoms with E-state index >= 15 is 0 Å². The van der Waals surface area contributed by atoms with Crippen molar-refractivity contribution in [2.75, 3.05) is 6.54 Å². The molecule has 6 heteroatoms. The standard InChI is InChI=1S/C15H22ClN5/c1-4-7-17-13(15-12(16)6-5-8-18-15)9-14-19-10-20-21(14)11(2)3/h5-6,8,10-11,13,17H,4,7,9H2,1-3H3. The first-order chi connectivity index (χ1) is 10.1. The largest absolute Gasteiger partial charge is 0.308 e. The van der Waals surface area contributed by atoms with Gasteiger partial charge in [0.25, 0.3) is 0 Å².